The Labute approximate surface area is 193 Å². The van der Waals surface area contributed by atoms with E-state index in [-0.39, 0.29) is 36.2 Å². The number of amides is 2. The van der Waals surface area contributed by atoms with Gasteiger partial charge in [-0.15, -0.1) is 0 Å². The van der Waals surface area contributed by atoms with Crippen molar-refractivity contribution in [3.05, 3.63) is 59.7 Å². The van der Waals surface area contributed by atoms with E-state index < -0.39 is 18.1 Å². The second-order valence-corrected chi connectivity index (χ2v) is 9.02. The Morgan fingerprint density at radius 3 is 2.21 bits per heavy atom. The fourth-order valence-electron chi connectivity index (χ4n) is 4.59. The summed E-state index contributed by atoms with van der Waals surface area (Å²) in [5, 5.41) is 14.6. The minimum absolute atomic E-state index is 0.0431. The number of carboxylic acids is 1. The molecule has 2 aliphatic rings. The highest BCUT2D eigenvalue weighted by atomic mass is 16.5. The zero-order valence-electron chi connectivity index (χ0n) is 18.9. The molecule has 0 unspecified atom stereocenters. The van der Waals surface area contributed by atoms with Crippen molar-refractivity contribution in [1.82, 2.24) is 10.6 Å². The third kappa shape index (κ3) is 4.87. The van der Waals surface area contributed by atoms with Crippen LogP contribution in [-0.4, -0.2) is 42.3 Å². The molecule has 33 heavy (non-hydrogen) atoms. The maximum atomic E-state index is 12.7. The van der Waals surface area contributed by atoms with Crippen LogP contribution in [0.25, 0.3) is 11.1 Å². The molecule has 1 fully saturated rings. The van der Waals surface area contributed by atoms with Crippen LogP contribution >= 0.6 is 0 Å². The van der Waals surface area contributed by atoms with Crippen molar-refractivity contribution >= 4 is 18.0 Å². The molecule has 2 aromatic carbocycles. The van der Waals surface area contributed by atoms with Gasteiger partial charge in [-0.1, -0.05) is 68.8 Å². The molecular formula is C26H30N2O5. The predicted octanol–water partition coefficient (Wildman–Crippen LogP) is 3.78. The molecule has 0 radical (unpaired) electrons. The smallest absolute Gasteiger partial charge is 0.407 e. The van der Waals surface area contributed by atoms with Crippen LogP contribution in [0.3, 0.4) is 0 Å². The number of carbonyl (C=O) groups is 3. The molecule has 4 rings (SSSR count). The monoisotopic (exact) mass is 450 g/mol. The maximum absolute atomic E-state index is 12.7. The van der Waals surface area contributed by atoms with Crippen molar-refractivity contribution in [2.24, 2.45) is 17.8 Å². The van der Waals surface area contributed by atoms with E-state index in [1.54, 1.807) is 0 Å². The zero-order valence-corrected chi connectivity index (χ0v) is 18.9. The van der Waals surface area contributed by atoms with E-state index in [4.69, 9.17) is 9.84 Å². The number of ether oxygens (including phenoxy) is 1. The Hall–Kier alpha value is -3.35. The van der Waals surface area contributed by atoms with Gasteiger partial charge in [-0.25, -0.2) is 4.79 Å². The van der Waals surface area contributed by atoms with Crippen LogP contribution < -0.4 is 10.6 Å². The van der Waals surface area contributed by atoms with Gasteiger partial charge in [0.25, 0.3) is 0 Å². The maximum Gasteiger partial charge on any atom is 0.407 e. The highest BCUT2D eigenvalue weighted by Gasteiger charge is 2.43. The molecule has 174 valence electrons. The SMILES string of the molecule is CC[C@H](C)[C@H](NC(=O)OCC1c2ccccc2-c2ccccc21)C(=O)NC[C@@H]1C[C@@H]1C(=O)O. The quantitative estimate of drug-likeness (QED) is 0.539. The largest absolute Gasteiger partial charge is 0.481 e. The van der Waals surface area contributed by atoms with E-state index >= 15 is 0 Å². The lowest BCUT2D eigenvalue weighted by atomic mass is 9.98. The third-order valence-corrected chi connectivity index (χ3v) is 6.89. The fraction of sp³-hybridized carbons (Fsp3) is 0.423. The normalized spacial score (nSPS) is 20.2. The van der Waals surface area contributed by atoms with Gasteiger partial charge in [0.1, 0.15) is 12.6 Å². The Kier molecular flexibility index (Phi) is 6.67. The lowest BCUT2D eigenvalue weighted by Crippen LogP contribution is -2.50. The number of fused-ring (bicyclic) bond motifs is 3. The van der Waals surface area contributed by atoms with E-state index in [1.165, 1.54) is 0 Å². The first-order chi connectivity index (χ1) is 15.9. The Morgan fingerprint density at radius 2 is 1.67 bits per heavy atom. The number of benzene rings is 2. The van der Waals surface area contributed by atoms with Gasteiger partial charge in [0.2, 0.25) is 5.91 Å². The molecule has 4 atom stereocenters. The summed E-state index contributed by atoms with van der Waals surface area (Å²) in [7, 11) is 0. The molecule has 0 saturated heterocycles. The molecule has 7 heteroatoms. The number of nitrogens with one attached hydrogen (secondary N) is 2. The van der Waals surface area contributed by atoms with Crippen molar-refractivity contribution in [3.63, 3.8) is 0 Å². The minimum atomic E-state index is -0.829. The lowest BCUT2D eigenvalue weighted by Gasteiger charge is -2.24. The summed E-state index contributed by atoms with van der Waals surface area (Å²) < 4.78 is 5.59. The minimum Gasteiger partial charge on any atom is -0.481 e. The standard InChI is InChI=1S/C26H30N2O5/c1-3-15(2)23(24(29)27-13-16-12-21(16)25(30)31)28-26(32)33-14-22-19-10-6-4-8-17(19)18-9-5-7-11-20(18)22/h4-11,15-16,21-23H,3,12-14H2,1-2H3,(H,27,29)(H,28,32)(H,30,31)/t15-,16-,21-,23-/m0/s1. The van der Waals surface area contributed by atoms with Gasteiger partial charge < -0.3 is 20.5 Å². The zero-order chi connectivity index (χ0) is 23.5. The molecule has 7 nitrogen and oxygen atoms in total. The highest BCUT2D eigenvalue weighted by Crippen LogP contribution is 2.44. The van der Waals surface area contributed by atoms with E-state index in [2.05, 4.69) is 34.9 Å². The van der Waals surface area contributed by atoms with Crippen molar-refractivity contribution in [3.8, 4) is 11.1 Å². The topological polar surface area (TPSA) is 105 Å². The molecule has 0 heterocycles. The van der Waals surface area contributed by atoms with Crippen LogP contribution in [0.2, 0.25) is 0 Å². The molecule has 0 spiro atoms. The van der Waals surface area contributed by atoms with Gasteiger partial charge >= 0.3 is 12.1 Å². The molecule has 1 saturated carbocycles. The summed E-state index contributed by atoms with van der Waals surface area (Å²) >= 11 is 0. The molecule has 3 N–H and O–H groups in total. The average Bonchev–Trinajstić information content (AvgIpc) is 3.55. The number of hydrogen-bond acceptors (Lipinski definition) is 4. The molecule has 0 aliphatic heterocycles. The van der Waals surface area contributed by atoms with Crippen LogP contribution in [0.1, 0.15) is 43.7 Å². The van der Waals surface area contributed by atoms with E-state index in [0.717, 1.165) is 22.3 Å². The Morgan fingerprint density at radius 1 is 1.06 bits per heavy atom. The summed E-state index contributed by atoms with van der Waals surface area (Å²) in [5.74, 6) is -1.72. The van der Waals surface area contributed by atoms with Gasteiger partial charge in [0, 0.05) is 12.5 Å². The summed E-state index contributed by atoms with van der Waals surface area (Å²) in [6.45, 7) is 4.32. The first-order valence-corrected chi connectivity index (χ1v) is 11.5. The van der Waals surface area contributed by atoms with Crippen LogP contribution in [0, 0.1) is 17.8 Å². The summed E-state index contributed by atoms with van der Waals surface area (Å²) in [6, 6.07) is 15.5. The van der Waals surface area contributed by atoms with Crippen molar-refractivity contribution in [2.75, 3.05) is 13.2 Å². The number of alkyl carbamates (subject to hydrolysis) is 1. The fourth-order valence-corrected chi connectivity index (χ4v) is 4.59. The lowest BCUT2D eigenvalue weighted by molar-refractivity contribution is -0.139. The van der Waals surface area contributed by atoms with Crippen LogP contribution in [0.15, 0.2) is 48.5 Å². The van der Waals surface area contributed by atoms with Crippen LogP contribution in [-0.2, 0) is 14.3 Å². The molecular weight excluding hydrogens is 420 g/mol. The predicted molar refractivity (Wildman–Crippen MR) is 124 cm³/mol. The summed E-state index contributed by atoms with van der Waals surface area (Å²) in [5.41, 5.74) is 4.55. The molecule has 2 aliphatic carbocycles. The van der Waals surface area contributed by atoms with Gasteiger partial charge in [0.15, 0.2) is 0 Å². The molecule has 0 aromatic heterocycles. The number of carboxylic acid groups (broad SMARTS) is 1. The summed E-state index contributed by atoms with van der Waals surface area (Å²) in [6.07, 6.45) is 0.638. The van der Waals surface area contributed by atoms with Crippen molar-refractivity contribution in [2.45, 2.75) is 38.6 Å². The second kappa shape index (κ2) is 9.65. The summed E-state index contributed by atoms with van der Waals surface area (Å²) in [4.78, 5) is 36.4. The number of aliphatic carboxylic acids is 1. The van der Waals surface area contributed by atoms with E-state index in [9.17, 15) is 14.4 Å². The third-order valence-electron chi connectivity index (χ3n) is 6.89. The van der Waals surface area contributed by atoms with Gasteiger partial charge in [-0.3, -0.25) is 9.59 Å². The number of rotatable bonds is 9. The van der Waals surface area contributed by atoms with Gasteiger partial charge in [-0.05, 0) is 40.5 Å². The highest BCUT2D eigenvalue weighted by molar-refractivity contribution is 5.86. The molecule has 2 aromatic rings. The number of carbonyl (C=O) groups excluding carboxylic acids is 2. The van der Waals surface area contributed by atoms with Crippen LogP contribution in [0.5, 0.6) is 0 Å². The Balaban J connectivity index is 1.36. The number of hydrogen-bond donors (Lipinski definition) is 3. The van der Waals surface area contributed by atoms with Crippen LogP contribution in [0.4, 0.5) is 4.79 Å². The van der Waals surface area contributed by atoms with E-state index in [1.807, 2.05) is 38.1 Å². The molecule has 0 bridgehead atoms. The van der Waals surface area contributed by atoms with Crippen molar-refractivity contribution in [1.29, 1.82) is 0 Å². The van der Waals surface area contributed by atoms with Gasteiger partial charge in [0.05, 0.1) is 5.92 Å². The van der Waals surface area contributed by atoms with E-state index in [0.29, 0.717) is 19.4 Å². The first kappa shape index (κ1) is 22.8. The van der Waals surface area contributed by atoms with Crippen molar-refractivity contribution < 1.29 is 24.2 Å². The Bertz CT molecular complexity index is 1010. The second-order valence-electron chi connectivity index (χ2n) is 9.02. The first-order valence-electron chi connectivity index (χ1n) is 11.5. The average molecular weight is 451 g/mol. The molecule has 2 amide bonds. The van der Waals surface area contributed by atoms with Gasteiger partial charge in [-0.2, -0.15) is 0 Å².